The Balaban J connectivity index is 1.47. The van der Waals surface area contributed by atoms with Crippen molar-refractivity contribution in [1.82, 2.24) is 4.13 Å². The molecule has 45 heavy (non-hydrogen) atoms. The summed E-state index contributed by atoms with van der Waals surface area (Å²) in [7, 11) is -14.2. The van der Waals surface area contributed by atoms with Crippen LogP contribution in [0.4, 0.5) is 39.5 Å². The minimum atomic E-state index is -7.30. The smallest absolute Gasteiger partial charge is 0.515 e. The molecule has 1 aromatic carbocycles. The van der Waals surface area contributed by atoms with E-state index in [1.54, 1.807) is 13.8 Å². The van der Waals surface area contributed by atoms with Gasteiger partial charge in [0.25, 0.3) is 0 Å². The second kappa shape index (κ2) is 11.0. The van der Waals surface area contributed by atoms with E-state index >= 15 is 0 Å². The van der Waals surface area contributed by atoms with Gasteiger partial charge in [-0.1, -0.05) is 0 Å². The van der Waals surface area contributed by atoms with Crippen molar-refractivity contribution in [2.24, 2.45) is 23.2 Å². The highest BCUT2D eigenvalue weighted by atomic mass is 32.3. The van der Waals surface area contributed by atoms with E-state index in [9.17, 15) is 65.7 Å². The molecule has 1 aromatic rings. The quantitative estimate of drug-likeness (QED) is 0.137. The van der Waals surface area contributed by atoms with E-state index in [4.69, 9.17) is 4.74 Å². The molecule has 0 amide bonds. The molecule has 4 saturated carbocycles. The second-order valence-electron chi connectivity index (χ2n) is 12.1. The van der Waals surface area contributed by atoms with Crippen molar-refractivity contribution in [3.8, 4) is 5.75 Å². The second-order valence-corrected chi connectivity index (χ2v) is 16.8. The van der Waals surface area contributed by atoms with E-state index in [0.29, 0.717) is 29.9 Å². The standard InChI is InChI=1S/C24H26F9NO8S3/c1-19(2,20-10-13-7-14(11-20)9-15(8-13)12-20)41-18(35)16-3-5-17(6-4-16)42-45(39,40)23(29,30)21(25,26)22(27,28)43(36)34-44(37,38)24(31,32)33/h3-6,13-15,34H,7-12H2,1-2H3. The Morgan fingerprint density at radius 3 is 1.73 bits per heavy atom. The molecule has 4 aliphatic carbocycles. The van der Waals surface area contributed by atoms with Crippen LogP contribution in [0.3, 0.4) is 0 Å². The molecule has 256 valence electrons. The third-order valence-corrected chi connectivity index (χ3v) is 12.8. The van der Waals surface area contributed by atoms with Crippen molar-refractivity contribution in [2.45, 2.75) is 79.9 Å². The first-order valence-corrected chi connectivity index (χ1v) is 17.1. The molecule has 0 heterocycles. The van der Waals surface area contributed by atoms with Gasteiger partial charge in [0.15, 0.2) is 0 Å². The summed E-state index contributed by atoms with van der Waals surface area (Å²) >= 11 is -5.46. The zero-order valence-corrected chi connectivity index (χ0v) is 25.6. The number of sulfonamides is 1. The summed E-state index contributed by atoms with van der Waals surface area (Å²) in [5.41, 5.74) is -7.93. The van der Waals surface area contributed by atoms with Crippen LogP contribution in [0.2, 0.25) is 0 Å². The Kier molecular flexibility index (Phi) is 8.81. The number of esters is 1. The summed E-state index contributed by atoms with van der Waals surface area (Å²) in [5, 5.41) is -13.9. The van der Waals surface area contributed by atoms with Crippen molar-refractivity contribution in [1.29, 1.82) is 0 Å². The lowest BCUT2D eigenvalue weighted by Gasteiger charge is -2.61. The molecule has 0 aromatic heterocycles. The predicted molar refractivity (Wildman–Crippen MR) is 137 cm³/mol. The summed E-state index contributed by atoms with van der Waals surface area (Å²) in [6.07, 6.45) is 5.94. The van der Waals surface area contributed by atoms with E-state index in [2.05, 4.69) is 4.18 Å². The molecule has 1 N–H and O–H groups in total. The van der Waals surface area contributed by atoms with E-state index < -0.39 is 74.9 Å². The fourth-order valence-electron chi connectivity index (χ4n) is 6.71. The van der Waals surface area contributed by atoms with E-state index in [1.165, 1.54) is 0 Å². The van der Waals surface area contributed by atoms with Gasteiger partial charge in [0.05, 0.1) is 5.56 Å². The van der Waals surface area contributed by atoms with Crippen LogP contribution in [0, 0.1) is 23.2 Å². The maximum atomic E-state index is 14.3. The van der Waals surface area contributed by atoms with Crippen LogP contribution >= 0.6 is 0 Å². The minimum absolute atomic E-state index is 0.242. The fourth-order valence-corrected chi connectivity index (χ4v) is 9.65. The Hall–Kier alpha value is -1.97. The monoisotopic (exact) mass is 723 g/mol. The van der Waals surface area contributed by atoms with Crippen LogP contribution in [0.1, 0.15) is 62.7 Å². The Morgan fingerprint density at radius 1 is 0.867 bits per heavy atom. The normalized spacial score (nSPS) is 26.9. The number of nitrogens with one attached hydrogen (secondary N) is 1. The molecule has 0 aliphatic heterocycles. The van der Waals surface area contributed by atoms with E-state index in [0.717, 1.165) is 50.7 Å². The molecule has 9 nitrogen and oxygen atoms in total. The number of hydrogen-bond donors (Lipinski definition) is 1. The lowest BCUT2D eigenvalue weighted by Crippen LogP contribution is -2.64. The van der Waals surface area contributed by atoms with Gasteiger partial charge in [0, 0.05) is 5.41 Å². The van der Waals surface area contributed by atoms with Crippen LogP contribution in [0.5, 0.6) is 5.75 Å². The maximum Gasteiger partial charge on any atom is 0.515 e. The fraction of sp³-hybridized carbons (Fsp3) is 0.708. The highest BCUT2D eigenvalue weighted by molar-refractivity contribution is 8.05. The van der Waals surface area contributed by atoms with Gasteiger partial charge in [-0.15, -0.1) is 8.78 Å². The molecule has 0 radical (unpaired) electrons. The van der Waals surface area contributed by atoms with Gasteiger partial charge >= 0.3 is 48.1 Å². The van der Waals surface area contributed by atoms with Gasteiger partial charge in [0.1, 0.15) is 22.7 Å². The highest BCUT2D eigenvalue weighted by Crippen LogP contribution is 2.64. The Morgan fingerprint density at radius 2 is 1.31 bits per heavy atom. The average Bonchev–Trinajstić information content (AvgIpc) is 2.86. The highest BCUT2D eigenvalue weighted by Gasteiger charge is 2.85. The summed E-state index contributed by atoms with van der Waals surface area (Å²) in [6.45, 7) is 3.53. The summed E-state index contributed by atoms with van der Waals surface area (Å²) in [5.74, 6) is -7.84. The van der Waals surface area contributed by atoms with Crippen LogP contribution < -0.4 is 8.31 Å². The van der Waals surface area contributed by atoms with Gasteiger partial charge in [0.2, 0.25) is 0 Å². The van der Waals surface area contributed by atoms with Crippen LogP contribution in [-0.4, -0.2) is 54.9 Å². The molecule has 4 fully saturated rings. The van der Waals surface area contributed by atoms with E-state index in [-0.39, 0.29) is 11.0 Å². The third-order valence-electron chi connectivity index (χ3n) is 8.73. The van der Waals surface area contributed by atoms with Crippen molar-refractivity contribution in [3.05, 3.63) is 29.8 Å². The van der Waals surface area contributed by atoms with Crippen LogP contribution in [0.25, 0.3) is 0 Å². The molecule has 5 rings (SSSR count). The van der Waals surface area contributed by atoms with Crippen LogP contribution in [-0.2, 0) is 36.2 Å². The first-order valence-electron chi connectivity index (χ1n) is 13.1. The van der Waals surface area contributed by atoms with Gasteiger partial charge in [-0.25, -0.2) is 4.79 Å². The summed E-state index contributed by atoms with van der Waals surface area (Å²) in [6, 6.07) is 2.70. The largest absolute Gasteiger partial charge is 0.592 e. The number of halogens is 9. The van der Waals surface area contributed by atoms with Crippen molar-refractivity contribution >= 4 is 37.5 Å². The number of hydrogen-bond acceptors (Lipinski definition) is 8. The molecule has 0 saturated heterocycles. The number of carbonyl (C=O) groups excluding carboxylic acids is 1. The molecule has 4 bridgehead atoms. The molecular weight excluding hydrogens is 697 g/mol. The number of ether oxygens (including phenoxy) is 1. The topological polar surface area (TPSA) is 139 Å². The number of rotatable bonds is 11. The summed E-state index contributed by atoms with van der Waals surface area (Å²) in [4.78, 5) is 12.9. The molecule has 1 atom stereocenters. The van der Waals surface area contributed by atoms with Crippen molar-refractivity contribution in [2.75, 3.05) is 0 Å². The first kappa shape index (κ1) is 35.9. The molecule has 1 unspecified atom stereocenters. The molecule has 21 heteroatoms. The van der Waals surface area contributed by atoms with E-state index in [1.807, 2.05) is 0 Å². The zero-order valence-electron chi connectivity index (χ0n) is 23.2. The van der Waals surface area contributed by atoms with Crippen LogP contribution in [0.15, 0.2) is 24.3 Å². The SMILES string of the molecule is CC(C)(OC(=O)c1ccc(OS(=O)(=O)C(F)(F)C(F)(F)C(F)(F)[S+]([O-])NS(=O)(=O)C(F)(F)F)cc1)C12CC3CC(CC(C3)C1)C2. The van der Waals surface area contributed by atoms with Gasteiger partial charge in [-0.3, -0.25) is 0 Å². The molecule has 0 spiro atoms. The predicted octanol–water partition coefficient (Wildman–Crippen LogP) is 5.47. The summed E-state index contributed by atoms with van der Waals surface area (Å²) < 4.78 is 188. The van der Waals surface area contributed by atoms with Crippen molar-refractivity contribution in [3.63, 3.8) is 0 Å². The number of benzene rings is 1. The average molecular weight is 724 g/mol. The van der Waals surface area contributed by atoms with Crippen molar-refractivity contribution < 1.29 is 74.6 Å². The number of alkyl halides is 9. The maximum absolute atomic E-state index is 14.3. The Labute approximate surface area is 254 Å². The zero-order chi connectivity index (χ0) is 34.2. The lowest BCUT2D eigenvalue weighted by molar-refractivity contribution is -0.245. The molecule has 4 aliphatic rings. The van der Waals surface area contributed by atoms with Gasteiger partial charge in [-0.05, 0) is 98.5 Å². The Bertz CT molecular complexity index is 1500. The van der Waals surface area contributed by atoms with Gasteiger partial charge < -0.3 is 13.5 Å². The van der Waals surface area contributed by atoms with Gasteiger partial charge in [-0.2, -0.15) is 47.6 Å². The number of carbonyl (C=O) groups is 1. The molecular formula is C24H26F9NO8S3. The minimum Gasteiger partial charge on any atom is -0.592 e. The third kappa shape index (κ3) is 6.11. The lowest BCUT2D eigenvalue weighted by atomic mass is 9.46. The first-order chi connectivity index (χ1) is 20.2.